The van der Waals surface area contributed by atoms with Crippen molar-refractivity contribution in [3.05, 3.63) is 33.2 Å². The van der Waals surface area contributed by atoms with Gasteiger partial charge in [-0.3, -0.25) is 0 Å². The molecule has 0 aliphatic rings. The average molecular weight is 404 g/mol. The fourth-order valence-corrected chi connectivity index (χ4v) is 3.12. The van der Waals surface area contributed by atoms with E-state index in [0.717, 1.165) is 26.2 Å². The second-order valence-corrected chi connectivity index (χ2v) is 6.24. The third kappa shape index (κ3) is 3.32. The van der Waals surface area contributed by atoms with Crippen LogP contribution in [0.3, 0.4) is 0 Å². The quantitative estimate of drug-likeness (QED) is 0.819. The van der Waals surface area contributed by atoms with Crippen molar-refractivity contribution in [1.82, 2.24) is 14.8 Å². The number of halogens is 2. The Labute approximate surface area is 135 Å². The number of methoxy groups -OCH3 is 1. The number of rotatable bonds is 5. The van der Waals surface area contributed by atoms with Gasteiger partial charge in [-0.25, -0.2) is 9.67 Å². The molecule has 0 amide bonds. The minimum absolute atomic E-state index is 0.289. The summed E-state index contributed by atoms with van der Waals surface area (Å²) in [4.78, 5) is 4.28. The molecule has 0 saturated heterocycles. The molecule has 20 heavy (non-hydrogen) atoms. The van der Waals surface area contributed by atoms with Crippen molar-refractivity contribution < 1.29 is 4.74 Å². The van der Waals surface area contributed by atoms with Gasteiger partial charge in [-0.05, 0) is 51.8 Å². The lowest BCUT2D eigenvalue weighted by atomic mass is 10.3. The van der Waals surface area contributed by atoms with Crippen LogP contribution in [0.1, 0.15) is 25.7 Å². The average Bonchev–Trinajstić information content (AvgIpc) is 2.86. The molecule has 108 valence electrons. The number of ether oxygens (including phenoxy) is 1. The number of aromatic nitrogens is 3. The van der Waals surface area contributed by atoms with Crippen molar-refractivity contribution in [1.29, 1.82) is 0 Å². The number of hydrogen-bond acceptors (Lipinski definition) is 4. The van der Waals surface area contributed by atoms with Crippen LogP contribution in [-0.2, 0) is 6.54 Å². The molecule has 1 aromatic carbocycles. The molecule has 5 nitrogen and oxygen atoms in total. The van der Waals surface area contributed by atoms with Crippen molar-refractivity contribution in [2.24, 2.45) is 0 Å². The maximum atomic E-state index is 5.30. The van der Waals surface area contributed by atoms with Crippen molar-refractivity contribution in [2.75, 3.05) is 12.4 Å². The summed E-state index contributed by atoms with van der Waals surface area (Å²) < 4.78 is 9.06. The van der Waals surface area contributed by atoms with Crippen LogP contribution in [0.5, 0.6) is 5.75 Å². The van der Waals surface area contributed by atoms with Crippen LogP contribution in [0, 0.1) is 0 Å². The van der Waals surface area contributed by atoms with Crippen LogP contribution in [0.15, 0.2) is 27.4 Å². The highest BCUT2D eigenvalue weighted by Crippen LogP contribution is 2.34. The van der Waals surface area contributed by atoms with E-state index in [1.54, 1.807) is 13.4 Å². The van der Waals surface area contributed by atoms with Gasteiger partial charge in [0.2, 0.25) is 0 Å². The van der Waals surface area contributed by atoms with Gasteiger partial charge in [0.15, 0.2) is 0 Å². The Morgan fingerprint density at radius 1 is 1.30 bits per heavy atom. The Morgan fingerprint density at radius 2 is 2.05 bits per heavy atom. The maximum Gasteiger partial charge on any atom is 0.146 e. The lowest BCUT2D eigenvalue weighted by Crippen LogP contribution is -2.12. The van der Waals surface area contributed by atoms with E-state index >= 15 is 0 Å². The van der Waals surface area contributed by atoms with Crippen LogP contribution < -0.4 is 10.1 Å². The summed E-state index contributed by atoms with van der Waals surface area (Å²) in [5.74, 6) is 1.68. The second kappa shape index (κ2) is 6.58. The molecular formula is C13H16Br2N4O. The van der Waals surface area contributed by atoms with Gasteiger partial charge in [-0.2, -0.15) is 5.10 Å². The molecule has 0 fully saturated rings. The molecule has 0 aliphatic carbocycles. The molecule has 2 aromatic rings. The fraction of sp³-hybridized carbons (Fsp3) is 0.385. The first-order chi connectivity index (χ1) is 9.52. The summed E-state index contributed by atoms with van der Waals surface area (Å²) in [6.45, 7) is 4.76. The Balaban J connectivity index is 2.16. The Hall–Kier alpha value is -1.08. The van der Waals surface area contributed by atoms with Crippen LogP contribution in [0.25, 0.3) is 0 Å². The minimum atomic E-state index is 0.289. The van der Waals surface area contributed by atoms with Gasteiger partial charge in [0, 0.05) is 16.6 Å². The monoisotopic (exact) mass is 402 g/mol. The number of anilines is 1. The molecule has 1 heterocycles. The van der Waals surface area contributed by atoms with Crippen molar-refractivity contribution in [3.8, 4) is 5.75 Å². The van der Waals surface area contributed by atoms with Crippen molar-refractivity contribution in [3.63, 3.8) is 0 Å². The lowest BCUT2D eigenvalue weighted by Gasteiger charge is -2.13. The maximum absolute atomic E-state index is 5.30. The third-order valence-corrected chi connectivity index (χ3v) is 4.09. The molecule has 0 saturated carbocycles. The van der Waals surface area contributed by atoms with E-state index < -0.39 is 0 Å². The first kappa shape index (κ1) is 15.3. The molecule has 0 aliphatic heterocycles. The Kier molecular flexibility index (Phi) is 5.04. The van der Waals surface area contributed by atoms with Crippen molar-refractivity contribution in [2.45, 2.75) is 26.4 Å². The smallest absolute Gasteiger partial charge is 0.146 e. The first-order valence-electron chi connectivity index (χ1n) is 6.18. The van der Waals surface area contributed by atoms with E-state index in [4.69, 9.17) is 4.74 Å². The zero-order valence-corrected chi connectivity index (χ0v) is 14.7. The Bertz CT molecular complexity index is 598. The summed E-state index contributed by atoms with van der Waals surface area (Å²) in [7, 11) is 1.65. The predicted molar refractivity (Wildman–Crippen MR) is 86.1 cm³/mol. The van der Waals surface area contributed by atoms with E-state index in [1.807, 2.05) is 16.8 Å². The van der Waals surface area contributed by atoms with E-state index in [1.165, 1.54) is 0 Å². The van der Waals surface area contributed by atoms with Crippen molar-refractivity contribution >= 4 is 37.5 Å². The van der Waals surface area contributed by atoms with Crippen LogP contribution >= 0.6 is 31.9 Å². The molecule has 7 heteroatoms. The van der Waals surface area contributed by atoms with Gasteiger partial charge in [-0.15, -0.1) is 0 Å². The molecule has 2 rings (SSSR count). The standard InChI is InChI=1S/C13H16Br2N4O/c1-8(2)19-13(17-7-18-19)6-16-11-5-12(20-3)10(15)4-9(11)14/h4-5,7-8,16H,6H2,1-3H3. The highest BCUT2D eigenvalue weighted by Gasteiger charge is 2.10. The van der Waals surface area contributed by atoms with E-state index in [0.29, 0.717) is 6.54 Å². The molecule has 0 unspecified atom stereocenters. The van der Waals surface area contributed by atoms with Gasteiger partial charge in [0.25, 0.3) is 0 Å². The molecule has 0 atom stereocenters. The first-order valence-corrected chi connectivity index (χ1v) is 7.76. The molecule has 1 N–H and O–H groups in total. The fourth-order valence-electron chi connectivity index (χ4n) is 1.83. The molecule has 1 aromatic heterocycles. The normalized spacial score (nSPS) is 10.9. The number of hydrogen-bond donors (Lipinski definition) is 1. The van der Waals surface area contributed by atoms with E-state index in [2.05, 4.69) is 61.1 Å². The second-order valence-electron chi connectivity index (χ2n) is 4.53. The predicted octanol–water partition coefficient (Wildman–Crippen LogP) is 4.00. The van der Waals surface area contributed by atoms with Gasteiger partial charge in [-0.1, -0.05) is 0 Å². The van der Waals surface area contributed by atoms with E-state index in [9.17, 15) is 0 Å². The zero-order chi connectivity index (χ0) is 14.7. The third-order valence-electron chi connectivity index (χ3n) is 2.81. The van der Waals surface area contributed by atoms with Gasteiger partial charge in [0.1, 0.15) is 17.9 Å². The van der Waals surface area contributed by atoms with Gasteiger partial charge in [0.05, 0.1) is 23.8 Å². The summed E-state index contributed by atoms with van der Waals surface area (Å²) in [5.41, 5.74) is 0.948. The molecule has 0 radical (unpaired) electrons. The lowest BCUT2D eigenvalue weighted by molar-refractivity contribution is 0.412. The summed E-state index contributed by atoms with van der Waals surface area (Å²) in [6.07, 6.45) is 1.58. The van der Waals surface area contributed by atoms with Crippen LogP contribution in [0.4, 0.5) is 5.69 Å². The van der Waals surface area contributed by atoms with Crippen LogP contribution in [0.2, 0.25) is 0 Å². The zero-order valence-electron chi connectivity index (χ0n) is 11.5. The Morgan fingerprint density at radius 3 is 2.70 bits per heavy atom. The van der Waals surface area contributed by atoms with Gasteiger partial charge >= 0.3 is 0 Å². The number of nitrogens with one attached hydrogen (secondary N) is 1. The topological polar surface area (TPSA) is 52.0 Å². The summed E-state index contributed by atoms with van der Waals surface area (Å²) in [5, 5.41) is 7.56. The summed E-state index contributed by atoms with van der Waals surface area (Å²) >= 11 is 6.98. The summed E-state index contributed by atoms with van der Waals surface area (Å²) in [6, 6.07) is 4.18. The van der Waals surface area contributed by atoms with E-state index in [-0.39, 0.29) is 6.04 Å². The number of nitrogens with zero attached hydrogens (tertiary/aromatic N) is 3. The van der Waals surface area contributed by atoms with Crippen LogP contribution in [-0.4, -0.2) is 21.9 Å². The number of benzene rings is 1. The highest BCUT2D eigenvalue weighted by atomic mass is 79.9. The molecule has 0 spiro atoms. The van der Waals surface area contributed by atoms with Gasteiger partial charge < -0.3 is 10.1 Å². The largest absolute Gasteiger partial charge is 0.495 e. The minimum Gasteiger partial charge on any atom is -0.495 e. The highest BCUT2D eigenvalue weighted by molar-refractivity contribution is 9.11. The molecule has 0 bridgehead atoms. The SMILES string of the molecule is COc1cc(NCc2ncnn2C(C)C)c(Br)cc1Br. The molecular weight excluding hydrogens is 388 g/mol.